The van der Waals surface area contributed by atoms with Crippen molar-refractivity contribution in [1.29, 1.82) is 0 Å². The fraction of sp³-hybridized carbons (Fsp3) is 0.588. The summed E-state index contributed by atoms with van der Waals surface area (Å²) in [5, 5.41) is 2.84. The first-order valence-corrected chi connectivity index (χ1v) is 9.76. The zero-order valence-electron chi connectivity index (χ0n) is 13.9. The summed E-state index contributed by atoms with van der Waals surface area (Å²) < 4.78 is 27.3. The molecule has 128 valence electrons. The van der Waals surface area contributed by atoms with Crippen molar-refractivity contribution >= 4 is 15.9 Å². The molecule has 1 fully saturated rings. The van der Waals surface area contributed by atoms with Crippen LogP contribution in [0, 0.1) is 5.92 Å². The van der Waals surface area contributed by atoms with Crippen molar-refractivity contribution < 1.29 is 13.2 Å². The first kappa shape index (κ1) is 17.9. The third-order valence-electron chi connectivity index (χ3n) is 4.42. The molecule has 1 N–H and O–H groups in total. The van der Waals surface area contributed by atoms with Crippen LogP contribution in [-0.2, 0) is 21.4 Å². The van der Waals surface area contributed by atoms with E-state index < -0.39 is 10.0 Å². The summed E-state index contributed by atoms with van der Waals surface area (Å²) in [6, 6.07) is 6.94. The fourth-order valence-corrected chi connectivity index (χ4v) is 4.43. The average molecular weight is 338 g/mol. The molecule has 0 aromatic heterocycles. The van der Waals surface area contributed by atoms with E-state index in [2.05, 4.69) is 5.32 Å². The SMILES string of the molecule is CC[C@H](C)C(=O)NCc1ccccc1S(=O)(=O)N1CCCCC1. The van der Waals surface area contributed by atoms with Crippen LogP contribution in [0.3, 0.4) is 0 Å². The number of sulfonamides is 1. The van der Waals surface area contributed by atoms with Gasteiger partial charge in [-0.15, -0.1) is 0 Å². The Bertz CT molecular complexity index is 637. The second kappa shape index (κ2) is 7.93. The van der Waals surface area contributed by atoms with E-state index in [0.29, 0.717) is 23.5 Å². The van der Waals surface area contributed by atoms with Crippen LogP contribution in [0.4, 0.5) is 0 Å². The van der Waals surface area contributed by atoms with E-state index in [1.807, 2.05) is 13.8 Å². The highest BCUT2D eigenvalue weighted by molar-refractivity contribution is 7.89. The molecule has 1 heterocycles. The molecule has 1 atom stereocenters. The Hall–Kier alpha value is -1.40. The molecule has 0 aliphatic carbocycles. The predicted molar refractivity (Wildman–Crippen MR) is 90.4 cm³/mol. The van der Waals surface area contributed by atoms with Crippen LogP contribution in [0.5, 0.6) is 0 Å². The van der Waals surface area contributed by atoms with Gasteiger partial charge >= 0.3 is 0 Å². The number of nitrogens with one attached hydrogen (secondary N) is 1. The first-order valence-electron chi connectivity index (χ1n) is 8.32. The molecular weight excluding hydrogens is 312 g/mol. The first-order chi connectivity index (χ1) is 11.0. The van der Waals surface area contributed by atoms with Crippen LogP contribution in [0.25, 0.3) is 0 Å². The highest BCUT2D eigenvalue weighted by atomic mass is 32.2. The summed E-state index contributed by atoms with van der Waals surface area (Å²) in [6.45, 7) is 5.23. The van der Waals surface area contributed by atoms with Gasteiger partial charge in [0.25, 0.3) is 0 Å². The number of hydrogen-bond acceptors (Lipinski definition) is 3. The zero-order chi connectivity index (χ0) is 16.9. The maximum Gasteiger partial charge on any atom is 0.243 e. The Balaban J connectivity index is 2.18. The van der Waals surface area contributed by atoms with Crippen molar-refractivity contribution in [3.8, 4) is 0 Å². The minimum absolute atomic E-state index is 0.0438. The number of amides is 1. The van der Waals surface area contributed by atoms with Crippen LogP contribution >= 0.6 is 0 Å². The topological polar surface area (TPSA) is 66.5 Å². The molecule has 23 heavy (non-hydrogen) atoms. The van der Waals surface area contributed by atoms with Crippen molar-refractivity contribution in [3.05, 3.63) is 29.8 Å². The molecule has 1 amide bonds. The molecule has 1 aromatic rings. The molecule has 0 bridgehead atoms. The van der Waals surface area contributed by atoms with Gasteiger partial charge in [0.1, 0.15) is 0 Å². The van der Waals surface area contributed by atoms with Crippen LogP contribution < -0.4 is 5.32 Å². The highest BCUT2D eigenvalue weighted by Gasteiger charge is 2.27. The Morgan fingerprint density at radius 1 is 1.22 bits per heavy atom. The Kier molecular flexibility index (Phi) is 6.18. The summed E-state index contributed by atoms with van der Waals surface area (Å²) in [5.41, 5.74) is 0.648. The molecule has 0 spiro atoms. The van der Waals surface area contributed by atoms with Gasteiger partial charge in [0.2, 0.25) is 15.9 Å². The lowest BCUT2D eigenvalue weighted by atomic mass is 10.1. The van der Waals surface area contributed by atoms with Gasteiger partial charge in [-0.3, -0.25) is 4.79 Å². The van der Waals surface area contributed by atoms with Crippen LogP contribution in [-0.4, -0.2) is 31.7 Å². The molecule has 1 aromatic carbocycles. The predicted octanol–water partition coefficient (Wildman–Crippen LogP) is 2.52. The van der Waals surface area contributed by atoms with Gasteiger partial charge in [-0.05, 0) is 30.9 Å². The van der Waals surface area contributed by atoms with Crippen LogP contribution in [0.1, 0.15) is 45.1 Å². The van der Waals surface area contributed by atoms with Crippen LogP contribution in [0.15, 0.2) is 29.2 Å². The van der Waals surface area contributed by atoms with Gasteiger partial charge in [-0.2, -0.15) is 4.31 Å². The Labute approximate surface area is 139 Å². The van der Waals surface area contributed by atoms with Gasteiger partial charge in [-0.25, -0.2) is 8.42 Å². The standard InChI is InChI=1S/C17H26N2O3S/c1-3-14(2)17(20)18-13-15-9-5-6-10-16(15)23(21,22)19-11-7-4-8-12-19/h5-6,9-10,14H,3-4,7-8,11-13H2,1-2H3,(H,18,20)/t14-/m0/s1. The van der Waals surface area contributed by atoms with E-state index in [0.717, 1.165) is 25.7 Å². The average Bonchev–Trinajstić information content (AvgIpc) is 2.59. The number of carbonyl (C=O) groups excluding carboxylic acids is 1. The summed E-state index contributed by atoms with van der Waals surface area (Å²) in [4.78, 5) is 12.3. The van der Waals surface area contributed by atoms with Crippen molar-refractivity contribution in [2.75, 3.05) is 13.1 Å². The van der Waals surface area contributed by atoms with Crippen LogP contribution in [0.2, 0.25) is 0 Å². The summed E-state index contributed by atoms with van der Waals surface area (Å²) in [5.74, 6) is -0.112. The van der Waals surface area contributed by atoms with Crippen molar-refractivity contribution in [1.82, 2.24) is 9.62 Å². The van der Waals surface area contributed by atoms with Gasteiger partial charge in [0, 0.05) is 25.6 Å². The molecule has 0 unspecified atom stereocenters. The molecule has 5 nitrogen and oxygen atoms in total. The zero-order valence-corrected chi connectivity index (χ0v) is 14.7. The Morgan fingerprint density at radius 2 is 1.87 bits per heavy atom. The second-order valence-corrected chi connectivity index (χ2v) is 8.01. The lowest BCUT2D eigenvalue weighted by molar-refractivity contribution is -0.124. The van der Waals surface area contributed by atoms with E-state index in [-0.39, 0.29) is 18.4 Å². The molecule has 6 heteroatoms. The normalized spacial score (nSPS) is 17.7. The maximum atomic E-state index is 12.9. The quantitative estimate of drug-likeness (QED) is 0.867. The number of hydrogen-bond donors (Lipinski definition) is 1. The van der Waals surface area contributed by atoms with Gasteiger partial charge in [0.05, 0.1) is 4.90 Å². The minimum Gasteiger partial charge on any atom is -0.352 e. The van der Waals surface area contributed by atoms with Gasteiger partial charge in [0.15, 0.2) is 0 Å². The smallest absolute Gasteiger partial charge is 0.243 e. The molecular formula is C17H26N2O3S. The molecule has 1 aliphatic rings. The highest BCUT2D eigenvalue weighted by Crippen LogP contribution is 2.23. The lowest BCUT2D eigenvalue weighted by Gasteiger charge is -2.27. The Morgan fingerprint density at radius 3 is 2.52 bits per heavy atom. The number of nitrogens with zero attached hydrogens (tertiary/aromatic N) is 1. The second-order valence-electron chi connectivity index (χ2n) is 6.10. The lowest BCUT2D eigenvalue weighted by Crippen LogP contribution is -2.36. The number of rotatable bonds is 6. The third kappa shape index (κ3) is 4.32. The number of carbonyl (C=O) groups is 1. The number of benzene rings is 1. The molecule has 0 radical (unpaired) electrons. The minimum atomic E-state index is -3.48. The van der Waals surface area contributed by atoms with Crippen molar-refractivity contribution in [2.24, 2.45) is 5.92 Å². The van der Waals surface area contributed by atoms with E-state index in [4.69, 9.17) is 0 Å². The summed E-state index contributed by atoms with van der Waals surface area (Å²) in [7, 11) is -3.48. The van der Waals surface area contributed by atoms with Crippen molar-refractivity contribution in [2.45, 2.75) is 51.0 Å². The van der Waals surface area contributed by atoms with E-state index in [9.17, 15) is 13.2 Å². The molecule has 2 rings (SSSR count). The molecule has 1 saturated heterocycles. The largest absolute Gasteiger partial charge is 0.352 e. The summed E-state index contributed by atoms with van der Waals surface area (Å²) in [6.07, 6.45) is 3.66. The van der Waals surface area contributed by atoms with E-state index >= 15 is 0 Å². The molecule has 0 saturated carbocycles. The molecule has 1 aliphatic heterocycles. The monoisotopic (exact) mass is 338 g/mol. The fourth-order valence-electron chi connectivity index (χ4n) is 2.69. The summed E-state index contributed by atoms with van der Waals surface area (Å²) >= 11 is 0. The maximum absolute atomic E-state index is 12.9. The third-order valence-corrected chi connectivity index (χ3v) is 6.42. The van der Waals surface area contributed by atoms with E-state index in [1.165, 1.54) is 0 Å². The van der Waals surface area contributed by atoms with E-state index in [1.54, 1.807) is 28.6 Å². The number of piperidine rings is 1. The van der Waals surface area contributed by atoms with Gasteiger partial charge in [-0.1, -0.05) is 38.5 Å². The van der Waals surface area contributed by atoms with Crippen molar-refractivity contribution in [3.63, 3.8) is 0 Å². The van der Waals surface area contributed by atoms with Gasteiger partial charge < -0.3 is 5.32 Å².